The van der Waals surface area contributed by atoms with Gasteiger partial charge >= 0.3 is 14.1 Å². The highest BCUT2D eigenvalue weighted by molar-refractivity contribution is 7.50. The second kappa shape index (κ2) is 4.84. The number of benzene rings is 1. The van der Waals surface area contributed by atoms with Gasteiger partial charge in [0, 0.05) is 5.69 Å². The van der Waals surface area contributed by atoms with Crippen molar-refractivity contribution >= 4 is 13.4 Å². The summed E-state index contributed by atoms with van der Waals surface area (Å²) in [6.45, 7) is 0. The Labute approximate surface area is 88.8 Å². The van der Waals surface area contributed by atoms with Crippen LogP contribution in [0.5, 0.6) is 0 Å². The van der Waals surface area contributed by atoms with Gasteiger partial charge in [-0.05, 0) is 12.1 Å². The smallest absolute Gasteiger partial charge is 0.312 e. The average Bonchev–Trinajstić information content (AvgIpc) is 2.13. The average molecular weight is 256 g/mol. The molecule has 5 nitrogen and oxygen atoms in total. The van der Waals surface area contributed by atoms with Gasteiger partial charge in [-0.15, -0.1) is 18.4 Å². The van der Waals surface area contributed by atoms with Crippen LogP contribution in [0.4, 0.5) is 18.9 Å². The topological polar surface area (TPSA) is 70.6 Å². The Kier molecular flexibility index (Phi) is 3.93. The number of nitrogens with one attached hydrogen (secondary N) is 2. The van der Waals surface area contributed by atoms with E-state index in [0.29, 0.717) is 5.69 Å². The molecule has 1 unspecified atom stereocenters. The van der Waals surface area contributed by atoms with Gasteiger partial charge in [0.25, 0.3) is 0 Å². The summed E-state index contributed by atoms with van der Waals surface area (Å²) < 4.78 is 48.8. The van der Waals surface area contributed by atoms with E-state index < -0.39 is 14.1 Å². The van der Waals surface area contributed by atoms with E-state index >= 15 is 0 Å². The van der Waals surface area contributed by atoms with Gasteiger partial charge in [-0.1, -0.05) is 18.2 Å². The molecule has 0 amide bonds. The number of anilines is 1. The number of halogens is 3. The summed E-state index contributed by atoms with van der Waals surface area (Å²) in [6.07, 6.45) is -5.18. The fourth-order valence-electron chi connectivity index (χ4n) is 0.820. The first-order valence-corrected chi connectivity index (χ1v) is 5.55. The lowest BCUT2D eigenvalue weighted by Crippen LogP contribution is -2.23. The molecule has 0 bridgehead atoms. The predicted octanol–water partition coefficient (Wildman–Crippen LogP) is 2.24. The maximum atomic E-state index is 11.7. The van der Waals surface area contributed by atoms with Crippen LogP contribution in [0.2, 0.25) is 0 Å². The van der Waals surface area contributed by atoms with Crippen molar-refractivity contribution in [1.82, 2.24) is 5.20 Å². The molecule has 0 fully saturated rings. The van der Waals surface area contributed by atoms with Crippen molar-refractivity contribution < 1.29 is 27.2 Å². The second-order valence-corrected chi connectivity index (χ2v) is 4.11. The van der Waals surface area contributed by atoms with E-state index in [2.05, 4.69) is 9.95 Å². The lowest BCUT2D eigenvalue weighted by Gasteiger charge is -2.15. The van der Waals surface area contributed by atoms with E-state index in [9.17, 15) is 17.7 Å². The third-order valence-electron chi connectivity index (χ3n) is 1.34. The summed E-state index contributed by atoms with van der Waals surface area (Å²) in [5.41, 5.74) is 2.44. The Morgan fingerprint density at radius 2 is 1.81 bits per heavy atom. The summed E-state index contributed by atoms with van der Waals surface area (Å²) in [4.78, 5) is 8.75. The molecular formula is C7H8F3N2O3P. The number of para-hydroxylation sites is 1. The van der Waals surface area contributed by atoms with E-state index in [-0.39, 0.29) is 0 Å². The van der Waals surface area contributed by atoms with Crippen molar-refractivity contribution in [2.75, 3.05) is 5.43 Å². The zero-order valence-corrected chi connectivity index (χ0v) is 8.63. The first kappa shape index (κ1) is 13.0. The van der Waals surface area contributed by atoms with E-state index in [4.69, 9.17) is 4.89 Å². The number of rotatable bonds is 4. The summed E-state index contributed by atoms with van der Waals surface area (Å²) in [7, 11) is -4.97. The summed E-state index contributed by atoms with van der Waals surface area (Å²) in [5, 5.41) is 1.55. The molecule has 9 heteroatoms. The third kappa shape index (κ3) is 5.13. The molecule has 0 aromatic heterocycles. The molecule has 0 spiro atoms. The highest BCUT2D eigenvalue weighted by Crippen LogP contribution is 2.43. The van der Waals surface area contributed by atoms with Gasteiger partial charge in [0.1, 0.15) is 0 Å². The van der Waals surface area contributed by atoms with Gasteiger partial charge in [-0.2, -0.15) is 4.52 Å². The van der Waals surface area contributed by atoms with E-state index in [1.165, 1.54) is 12.1 Å². The molecule has 0 aliphatic carbocycles. The molecule has 0 aliphatic heterocycles. The third-order valence-corrected chi connectivity index (χ3v) is 2.19. The maximum absolute atomic E-state index is 11.7. The van der Waals surface area contributed by atoms with Gasteiger partial charge in [0.2, 0.25) is 0 Å². The van der Waals surface area contributed by atoms with Crippen molar-refractivity contribution in [1.29, 1.82) is 0 Å². The van der Waals surface area contributed by atoms with Crippen molar-refractivity contribution in [3.8, 4) is 0 Å². The Bertz CT molecular complexity index is 384. The fraction of sp³-hybridized carbons (Fsp3) is 0.143. The molecule has 1 aromatic carbocycles. The largest absolute Gasteiger partial charge is 0.530 e. The normalized spacial score (nSPS) is 15.5. The number of hydrazine groups is 1. The molecule has 90 valence electrons. The first-order valence-electron chi connectivity index (χ1n) is 3.97. The van der Waals surface area contributed by atoms with Crippen LogP contribution >= 0.6 is 7.75 Å². The first-order chi connectivity index (χ1) is 7.29. The molecule has 3 N–H and O–H groups in total. The van der Waals surface area contributed by atoms with Gasteiger partial charge in [-0.3, -0.25) is 0 Å². The maximum Gasteiger partial charge on any atom is 0.530 e. The van der Waals surface area contributed by atoms with Crippen LogP contribution < -0.4 is 10.6 Å². The quantitative estimate of drug-likeness (QED) is 0.569. The second-order valence-electron chi connectivity index (χ2n) is 2.66. The highest BCUT2D eigenvalue weighted by atomic mass is 31.2. The zero-order valence-electron chi connectivity index (χ0n) is 7.73. The van der Waals surface area contributed by atoms with Crippen LogP contribution in [-0.2, 0) is 9.09 Å². The molecule has 0 heterocycles. The number of hydrogen-bond acceptors (Lipinski definition) is 3. The minimum Gasteiger partial charge on any atom is -0.312 e. The SMILES string of the molecule is O=P(O)(NNc1ccccc1)OC(F)(F)F. The molecule has 1 aromatic rings. The standard InChI is InChI=1S/C7H8F3N2O3P/c8-7(9,10)15-16(13,14)12-11-6-4-2-1-3-5-6/h1-5,11H,(H2,12,13,14). The van der Waals surface area contributed by atoms with E-state index in [1.54, 1.807) is 23.4 Å². The molecule has 0 saturated carbocycles. The van der Waals surface area contributed by atoms with Crippen LogP contribution in [0.1, 0.15) is 0 Å². The van der Waals surface area contributed by atoms with Crippen molar-refractivity contribution in [3.05, 3.63) is 30.3 Å². The fourth-order valence-corrected chi connectivity index (χ4v) is 1.42. The monoisotopic (exact) mass is 256 g/mol. The van der Waals surface area contributed by atoms with E-state index in [0.717, 1.165) is 0 Å². The van der Waals surface area contributed by atoms with Gasteiger partial charge in [0.05, 0.1) is 0 Å². The Morgan fingerprint density at radius 1 is 1.25 bits per heavy atom. The molecule has 0 saturated heterocycles. The van der Waals surface area contributed by atoms with Crippen LogP contribution in [0, 0.1) is 0 Å². The highest BCUT2D eigenvalue weighted by Gasteiger charge is 2.39. The van der Waals surface area contributed by atoms with Gasteiger partial charge < -0.3 is 10.3 Å². The molecule has 1 rings (SSSR count). The van der Waals surface area contributed by atoms with Gasteiger partial charge in [-0.25, -0.2) is 4.57 Å². The lowest BCUT2D eigenvalue weighted by molar-refractivity contribution is -0.278. The zero-order chi connectivity index (χ0) is 12.2. The molecule has 0 radical (unpaired) electrons. The van der Waals surface area contributed by atoms with Crippen LogP contribution in [-0.4, -0.2) is 11.3 Å². The Balaban J connectivity index is 2.52. The van der Waals surface area contributed by atoms with Crippen molar-refractivity contribution in [2.24, 2.45) is 0 Å². The van der Waals surface area contributed by atoms with Gasteiger partial charge in [0.15, 0.2) is 0 Å². The predicted molar refractivity (Wildman–Crippen MR) is 50.2 cm³/mol. The van der Waals surface area contributed by atoms with Crippen LogP contribution in [0.3, 0.4) is 0 Å². The van der Waals surface area contributed by atoms with Crippen molar-refractivity contribution in [3.63, 3.8) is 0 Å². The Hall–Kier alpha value is -1.08. The molecular weight excluding hydrogens is 248 g/mol. The summed E-state index contributed by atoms with van der Waals surface area (Å²) >= 11 is 0. The minimum atomic E-state index is -5.18. The summed E-state index contributed by atoms with van der Waals surface area (Å²) in [6, 6.07) is 7.84. The minimum absolute atomic E-state index is 0.322. The summed E-state index contributed by atoms with van der Waals surface area (Å²) in [5.74, 6) is 0. The molecule has 1 atom stereocenters. The lowest BCUT2D eigenvalue weighted by atomic mass is 10.3. The van der Waals surface area contributed by atoms with Crippen LogP contribution in [0.25, 0.3) is 0 Å². The Morgan fingerprint density at radius 3 is 2.31 bits per heavy atom. The number of hydrogen-bond donors (Lipinski definition) is 3. The molecule has 16 heavy (non-hydrogen) atoms. The van der Waals surface area contributed by atoms with Crippen molar-refractivity contribution in [2.45, 2.75) is 6.36 Å². The number of alkyl halides is 3. The molecule has 0 aliphatic rings. The van der Waals surface area contributed by atoms with E-state index in [1.807, 2.05) is 0 Å². The van der Waals surface area contributed by atoms with Crippen LogP contribution in [0.15, 0.2) is 30.3 Å².